The van der Waals surface area contributed by atoms with Crippen molar-refractivity contribution < 1.29 is 4.79 Å². The minimum Gasteiger partial charge on any atom is -0.350 e. The molecule has 1 N–H and O–H groups in total. The number of nitrogens with zero attached hydrogens (tertiary/aromatic N) is 1. The molecular weight excluding hydrogens is 300 g/mol. The summed E-state index contributed by atoms with van der Waals surface area (Å²) < 4.78 is 1.90. The summed E-state index contributed by atoms with van der Waals surface area (Å²) in [5.74, 6) is 0.299. The van der Waals surface area contributed by atoms with Crippen LogP contribution in [0.2, 0.25) is 0 Å². The van der Waals surface area contributed by atoms with Crippen molar-refractivity contribution in [2.75, 3.05) is 0 Å². The van der Waals surface area contributed by atoms with E-state index in [1.807, 2.05) is 24.5 Å². The average molecular weight is 332 g/mol. The SMILES string of the molecule is CC(C)CCn1c2c(cc(C(=O)NC(C)C)c1=O)CCCCCC2. The number of pyridine rings is 1. The summed E-state index contributed by atoms with van der Waals surface area (Å²) in [4.78, 5) is 25.5. The summed E-state index contributed by atoms with van der Waals surface area (Å²) in [6.07, 6.45) is 7.62. The van der Waals surface area contributed by atoms with Gasteiger partial charge in [-0.2, -0.15) is 0 Å². The predicted octanol–water partition coefficient (Wildman–Crippen LogP) is 3.69. The van der Waals surface area contributed by atoms with Crippen LogP contribution in [0.1, 0.15) is 81.4 Å². The van der Waals surface area contributed by atoms with Gasteiger partial charge in [-0.15, -0.1) is 0 Å². The van der Waals surface area contributed by atoms with Gasteiger partial charge >= 0.3 is 0 Å². The number of amides is 1. The molecule has 0 spiro atoms. The Morgan fingerprint density at radius 1 is 1.12 bits per heavy atom. The number of rotatable bonds is 5. The van der Waals surface area contributed by atoms with Gasteiger partial charge in [0.25, 0.3) is 11.5 Å². The predicted molar refractivity (Wildman–Crippen MR) is 98.6 cm³/mol. The Hall–Kier alpha value is -1.58. The molecule has 0 unspecified atom stereocenters. The van der Waals surface area contributed by atoms with Crippen LogP contribution in [0.15, 0.2) is 10.9 Å². The second kappa shape index (κ2) is 8.50. The lowest BCUT2D eigenvalue weighted by Crippen LogP contribution is -2.38. The molecule has 4 nitrogen and oxygen atoms in total. The summed E-state index contributed by atoms with van der Waals surface area (Å²) in [7, 11) is 0. The Morgan fingerprint density at radius 3 is 2.42 bits per heavy atom. The van der Waals surface area contributed by atoms with Crippen LogP contribution in [-0.2, 0) is 19.4 Å². The van der Waals surface area contributed by atoms with Crippen molar-refractivity contribution in [3.05, 3.63) is 33.2 Å². The fourth-order valence-electron chi connectivity index (χ4n) is 3.36. The van der Waals surface area contributed by atoms with Crippen LogP contribution in [-0.4, -0.2) is 16.5 Å². The van der Waals surface area contributed by atoms with E-state index in [-0.39, 0.29) is 17.5 Å². The molecule has 2 rings (SSSR count). The number of carbonyl (C=O) groups is 1. The molecule has 1 amide bonds. The number of hydrogen-bond acceptors (Lipinski definition) is 2. The monoisotopic (exact) mass is 332 g/mol. The quantitative estimate of drug-likeness (QED) is 0.894. The third-order valence-electron chi connectivity index (χ3n) is 4.69. The highest BCUT2D eigenvalue weighted by atomic mass is 16.2. The number of aromatic nitrogens is 1. The van der Waals surface area contributed by atoms with Gasteiger partial charge in [0.2, 0.25) is 0 Å². The summed E-state index contributed by atoms with van der Waals surface area (Å²) in [6, 6.07) is 1.90. The number of carbonyl (C=O) groups excluding carboxylic acids is 1. The first-order valence-electron chi connectivity index (χ1n) is 9.46. The molecule has 1 aromatic heterocycles. The molecule has 4 heteroatoms. The topological polar surface area (TPSA) is 51.1 Å². The van der Waals surface area contributed by atoms with E-state index >= 15 is 0 Å². The summed E-state index contributed by atoms with van der Waals surface area (Å²) in [6.45, 7) is 8.89. The molecule has 0 saturated heterocycles. The van der Waals surface area contributed by atoms with Crippen LogP contribution in [0, 0.1) is 5.92 Å². The molecule has 134 valence electrons. The average Bonchev–Trinajstić information content (AvgIpc) is 2.46. The van der Waals surface area contributed by atoms with E-state index in [0.717, 1.165) is 32.1 Å². The van der Waals surface area contributed by atoms with E-state index in [2.05, 4.69) is 19.2 Å². The highest BCUT2D eigenvalue weighted by molar-refractivity contribution is 5.94. The Morgan fingerprint density at radius 2 is 1.79 bits per heavy atom. The maximum absolute atomic E-state index is 13.0. The van der Waals surface area contributed by atoms with Gasteiger partial charge in [0.15, 0.2) is 0 Å². The molecule has 0 fully saturated rings. The van der Waals surface area contributed by atoms with Gasteiger partial charge in [-0.3, -0.25) is 9.59 Å². The Kier molecular flexibility index (Phi) is 6.64. The van der Waals surface area contributed by atoms with Crippen LogP contribution in [0.4, 0.5) is 0 Å². The van der Waals surface area contributed by atoms with Crippen molar-refractivity contribution in [3.8, 4) is 0 Å². The smallest absolute Gasteiger partial charge is 0.263 e. The minimum atomic E-state index is -0.238. The number of nitrogens with one attached hydrogen (secondary N) is 1. The molecule has 1 aliphatic rings. The van der Waals surface area contributed by atoms with Crippen LogP contribution in [0.3, 0.4) is 0 Å². The van der Waals surface area contributed by atoms with Gasteiger partial charge in [-0.1, -0.05) is 26.7 Å². The zero-order chi connectivity index (χ0) is 17.7. The van der Waals surface area contributed by atoms with Crippen LogP contribution >= 0.6 is 0 Å². The second-order valence-corrected chi connectivity index (χ2v) is 7.71. The molecule has 1 aliphatic carbocycles. The molecule has 0 saturated carbocycles. The molecule has 1 aromatic rings. The van der Waals surface area contributed by atoms with E-state index in [9.17, 15) is 9.59 Å². The van der Waals surface area contributed by atoms with Crippen molar-refractivity contribution in [2.45, 2.75) is 85.2 Å². The van der Waals surface area contributed by atoms with Crippen LogP contribution < -0.4 is 10.9 Å². The highest BCUT2D eigenvalue weighted by Crippen LogP contribution is 2.21. The first-order valence-corrected chi connectivity index (χ1v) is 9.46. The zero-order valence-electron chi connectivity index (χ0n) is 15.7. The maximum atomic E-state index is 13.0. The van der Waals surface area contributed by atoms with Gasteiger partial charge in [0.1, 0.15) is 5.56 Å². The fraction of sp³-hybridized carbons (Fsp3) is 0.700. The Labute approximate surface area is 145 Å². The normalized spacial score (nSPS) is 15.1. The van der Waals surface area contributed by atoms with E-state index in [0.29, 0.717) is 18.0 Å². The van der Waals surface area contributed by atoms with E-state index < -0.39 is 0 Å². The molecule has 24 heavy (non-hydrogen) atoms. The molecule has 0 atom stereocenters. The van der Waals surface area contributed by atoms with Crippen LogP contribution in [0.25, 0.3) is 0 Å². The van der Waals surface area contributed by atoms with Crippen molar-refractivity contribution in [2.24, 2.45) is 5.92 Å². The van der Waals surface area contributed by atoms with Crippen molar-refractivity contribution in [1.29, 1.82) is 0 Å². The largest absolute Gasteiger partial charge is 0.350 e. The number of hydrogen-bond donors (Lipinski definition) is 1. The van der Waals surface area contributed by atoms with Crippen molar-refractivity contribution in [3.63, 3.8) is 0 Å². The standard InChI is InChI=1S/C20H32N2O2/c1-14(2)11-12-22-18-10-8-6-5-7-9-16(18)13-17(20(22)24)19(23)21-15(3)4/h13-15H,5-12H2,1-4H3,(H,21,23). The fourth-order valence-corrected chi connectivity index (χ4v) is 3.36. The minimum absolute atomic E-state index is 0.0306. The van der Waals surface area contributed by atoms with Gasteiger partial charge in [0.05, 0.1) is 0 Å². The summed E-state index contributed by atoms with van der Waals surface area (Å²) in [5.41, 5.74) is 2.56. The third-order valence-corrected chi connectivity index (χ3v) is 4.69. The summed E-state index contributed by atoms with van der Waals surface area (Å²) >= 11 is 0. The van der Waals surface area contributed by atoms with Gasteiger partial charge in [-0.25, -0.2) is 0 Å². The van der Waals surface area contributed by atoms with Crippen molar-refractivity contribution in [1.82, 2.24) is 9.88 Å². The molecule has 0 bridgehead atoms. The number of fused-ring (bicyclic) bond motifs is 1. The van der Waals surface area contributed by atoms with E-state index in [1.54, 1.807) is 0 Å². The lowest BCUT2D eigenvalue weighted by atomic mass is 9.95. The van der Waals surface area contributed by atoms with E-state index in [1.165, 1.54) is 24.1 Å². The molecular formula is C20H32N2O2. The highest BCUT2D eigenvalue weighted by Gasteiger charge is 2.20. The maximum Gasteiger partial charge on any atom is 0.263 e. The third kappa shape index (κ3) is 4.71. The Bertz CT molecular complexity index is 629. The van der Waals surface area contributed by atoms with E-state index in [4.69, 9.17) is 0 Å². The molecule has 0 aliphatic heterocycles. The second-order valence-electron chi connectivity index (χ2n) is 7.71. The number of aryl methyl sites for hydroxylation is 1. The lowest BCUT2D eigenvalue weighted by Gasteiger charge is -2.22. The first-order chi connectivity index (χ1) is 11.4. The summed E-state index contributed by atoms with van der Waals surface area (Å²) in [5, 5.41) is 2.87. The zero-order valence-corrected chi connectivity index (χ0v) is 15.7. The lowest BCUT2D eigenvalue weighted by molar-refractivity contribution is 0.0940. The van der Waals surface area contributed by atoms with Crippen molar-refractivity contribution >= 4 is 5.91 Å². The molecule has 0 aromatic carbocycles. The Balaban J connectivity index is 2.48. The van der Waals surface area contributed by atoms with Gasteiger partial charge in [0, 0.05) is 18.3 Å². The van der Waals surface area contributed by atoms with Gasteiger partial charge in [-0.05, 0) is 63.5 Å². The van der Waals surface area contributed by atoms with Crippen LogP contribution in [0.5, 0.6) is 0 Å². The van der Waals surface area contributed by atoms with Gasteiger partial charge < -0.3 is 9.88 Å². The molecule has 1 heterocycles. The molecule has 0 radical (unpaired) electrons. The first kappa shape index (κ1) is 18.8.